The van der Waals surface area contributed by atoms with Crippen LogP contribution in [0.15, 0.2) is 34.3 Å². The van der Waals surface area contributed by atoms with Crippen molar-refractivity contribution in [1.29, 1.82) is 0 Å². The first kappa shape index (κ1) is 16.7. The van der Waals surface area contributed by atoms with Crippen LogP contribution in [0.2, 0.25) is 0 Å². The average molecular weight is 354 g/mol. The van der Waals surface area contributed by atoms with Crippen molar-refractivity contribution >= 4 is 15.9 Å². The van der Waals surface area contributed by atoms with E-state index in [4.69, 9.17) is 0 Å². The molecule has 1 aromatic rings. The van der Waals surface area contributed by atoms with Gasteiger partial charge in [-0.05, 0) is 69.2 Å². The van der Waals surface area contributed by atoms with E-state index in [1.54, 1.807) is 11.6 Å². The van der Waals surface area contributed by atoms with Crippen molar-refractivity contribution in [3.8, 4) is 0 Å². The topological polar surface area (TPSA) is 12.0 Å². The Labute approximate surface area is 136 Å². The zero-order valence-electron chi connectivity index (χ0n) is 12.8. The lowest BCUT2D eigenvalue weighted by molar-refractivity contribution is 0.480. The third-order valence-electron chi connectivity index (χ3n) is 4.06. The summed E-state index contributed by atoms with van der Waals surface area (Å²) in [4.78, 5) is 0. The van der Waals surface area contributed by atoms with Gasteiger partial charge in [0, 0.05) is 10.5 Å². The molecule has 0 saturated heterocycles. The molecule has 0 bridgehead atoms. The fourth-order valence-corrected chi connectivity index (χ4v) is 3.26. The molecule has 3 heteroatoms. The summed E-state index contributed by atoms with van der Waals surface area (Å²) in [5.41, 5.74) is 2.36. The first-order valence-electron chi connectivity index (χ1n) is 8.04. The maximum Gasteiger partial charge on any atom is 0.127 e. The Kier molecular flexibility index (Phi) is 6.91. The van der Waals surface area contributed by atoms with Gasteiger partial charge in [-0.2, -0.15) is 0 Å². The summed E-state index contributed by atoms with van der Waals surface area (Å²) in [7, 11) is 0. The molecule has 0 saturated carbocycles. The quantitative estimate of drug-likeness (QED) is 0.648. The Morgan fingerprint density at radius 2 is 2.14 bits per heavy atom. The van der Waals surface area contributed by atoms with Crippen LogP contribution in [-0.4, -0.2) is 12.6 Å². The van der Waals surface area contributed by atoms with E-state index in [1.165, 1.54) is 25.7 Å². The van der Waals surface area contributed by atoms with Crippen LogP contribution < -0.4 is 5.32 Å². The van der Waals surface area contributed by atoms with Crippen LogP contribution in [0.25, 0.3) is 0 Å². The molecule has 1 unspecified atom stereocenters. The van der Waals surface area contributed by atoms with Crippen LogP contribution in [0, 0.1) is 5.82 Å². The fourth-order valence-electron chi connectivity index (χ4n) is 2.92. The Bertz CT molecular complexity index is 484. The molecule has 1 aliphatic rings. The Balaban J connectivity index is 2.02. The highest BCUT2D eigenvalue weighted by Gasteiger charge is 2.15. The standard InChI is InChI=1S/C18H25BrFN/c1-2-10-21-17(11-14-6-4-3-5-7-14)12-15-8-9-16(19)13-18(15)20/h6,8-9,13,17,21H,2-5,7,10-12H2,1H3. The largest absolute Gasteiger partial charge is 0.313 e. The highest BCUT2D eigenvalue weighted by atomic mass is 79.9. The summed E-state index contributed by atoms with van der Waals surface area (Å²) < 4.78 is 14.8. The molecular formula is C18H25BrFN. The van der Waals surface area contributed by atoms with E-state index in [1.807, 2.05) is 12.1 Å². The van der Waals surface area contributed by atoms with Gasteiger partial charge in [-0.1, -0.05) is 40.6 Å². The zero-order valence-corrected chi connectivity index (χ0v) is 14.4. The van der Waals surface area contributed by atoms with Gasteiger partial charge in [0.2, 0.25) is 0 Å². The molecule has 0 aliphatic heterocycles. The predicted molar refractivity (Wildman–Crippen MR) is 91.1 cm³/mol. The van der Waals surface area contributed by atoms with Gasteiger partial charge in [0.25, 0.3) is 0 Å². The summed E-state index contributed by atoms with van der Waals surface area (Å²) in [6, 6.07) is 5.72. The molecule has 1 N–H and O–H groups in total. The third kappa shape index (κ3) is 5.55. The van der Waals surface area contributed by atoms with E-state index in [0.717, 1.165) is 35.8 Å². The van der Waals surface area contributed by atoms with E-state index < -0.39 is 0 Å². The molecule has 1 atom stereocenters. The number of halogens is 2. The number of rotatable bonds is 7. The van der Waals surface area contributed by atoms with Crippen LogP contribution in [0.5, 0.6) is 0 Å². The second-order valence-corrected chi connectivity index (χ2v) is 6.82. The first-order valence-corrected chi connectivity index (χ1v) is 8.83. The summed E-state index contributed by atoms with van der Waals surface area (Å²) in [6.07, 6.45) is 10.4. The van der Waals surface area contributed by atoms with Gasteiger partial charge in [-0.25, -0.2) is 4.39 Å². The lowest BCUT2D eigenvalue weighted by Crippen LogP contribution is -2.32. The molecule has 0 radical (unpaired) electrons. The molecule has 0 aromatic heterocycles. The highest BCUT2D eigenvalue weighted by molar-refractivity contribution is 9.10. The van der Waals surface area contributed by atoms with Gasteiger partial charge in [-0.3, -0.25) is 0 Å². The van der Waals surface area contributed by atoms with Crippen molar-refractivity contribution in [2.24, 2.45) is 0 Å². The SMILES string of the molecule is CCCNC(CC1=CCCCC1)Cc1ccc(Br)cc1F. The van der Waals surface area contributed by atoms with Crippen molar-refractivity contribution in [3.05, 3.63) is 45.7 Å². The smallest absolute Gasteiger partial charge is 0.127 e. The van der Waals surface area contributed by atoms with E-state index >= 15 is 0 Å². The van der Waals surface area contributed by atoms with Crippen LogP contribution in [0.1, 0.15) is 51.0 Å². The van der Waals surface area contributed by atoms with Crippen LogP contribution in [0.3, 0.4) is 0 Å². The number of allylic oxidation sites excluding steroid dienone is 1. The predicted octanol–water partition coefficient (Wildman–Crippen LogP) is 5.39. The molecule has 116 valence electrons. The van der Waals surface area contributed by atoms with Crippen molar-refractivity contribution in [1.82, 2.24) is 5.32 Å². The minimum atomic E-state index is -0.106. The monoisotopic (exact) mass is 353 g/mol. The minimum Gasteiger partial charge on any atom is -0.313 e. The van der Waals surface area contributed by atoms with Crippen molar-refractivity contribution < 1.29 is 4.39 Å². The Hall–Kier alpha value is -0.670. The summed E-state index contributed by atoms with van der Waals surface area (Å²) in [5, 5.41) is 3.59. The number of hydrogen-bond acceptors (Lipinski definition) is 1. The lowest BCUT2D eigenvalue weighted by Gasteiger charge is -2.22. The Morgan fingerprint density at radius 3 is 2.81 bits per heavy atom. The molecule has 1 aromatic carbocycles. The second-order valence-electron chi connectivity index (χ2n) is 5.90. The normalized spacial score (nSPS) is 16.6. The number of benzene rings is 1. The number of nitrogens with one attached hydrogen (secondary N) is 1. The molecule has 0 amide bonds. The van der Waals surface area contributed by atoms with Gasteiger partial charge < -0.3 is 5.32 Å². The van der Waals surface area contributed by atoms with Gasteiger partial charge in [0.15, 0.2) is 0 Å². The minimum absolute atomic E-state index is 0.106. The highest BCUT2D eigenvalue weighted by Crippen LogP contribution is 2.24. The molecule has 1 aliphatic carbocycles. The summed E-state index contributed by atoms with van der Waals surface area (Å²) in [5.74, 6) is -0.106. The first-order chi connectivity index (χ1) is 10.2. The van der Waals surface area contributed by atoms with Crippen molar-refractivity contribution in [2.75, 3.05) is 6.54 Å². The van der Waals surface area contributed by atoms with Crippen molar-refractivity contribution in [2.45, 2.75) is 57.9 Å². The number of hydrogen-bond donors (Lipinski definition) is 1. The molecule has 0 heterocycles. The Morgan fingerprint density at radius 1 is 1.29 bits per heavy atom. The molecule has 0 fully saturated rings. The third-order valence-corrected chi connectivity index (χ3v) is 4.55. The molecular weight excluding hydrogens is 329 g/mol. The van der Waals surface area contributed by atoms with E-state index in [2.05, 4.69) is 34.2 Å². The van der Waals surface area contributed by atoms with Gasteiger partial charge >= 0.3 is 0 Å². The van der Waals surface area contributed by atoms with E-state index in [0.29, 0.717) is 6.04 Å². The molecule has 21 heavy (non-hydrogen) atoms. The van der Waals surface area contributed by atoms with Crippen molar-refractivity contribution in [3.63, 3.8) is 0 Å². The van der Waals surface area contributed by atoms with Crippen LogP contribution in [0.4, 0.5) is 4.39 Å². The molecule has 0 spiro atoms. The second kappa shape index (κ2) is 8.70. The maximum atomic E-state index is 14.0. The summed E-state index contributed by atoms with van der Waals surface area (Å²) >= 11 is 3.32. The van der Waals surface area contributed by atoms with E-state index in [9.17, 15) is 4.39 Å². The van der Waals surface area contributed by atoms with Crippen LogP contribution in [-0.2, 0) is 6.42 Å². The maximum absolute atomic E-state index is 14.0. The average Bonchev–Trinajstić information content (AvgIpc) is 2.48. The molecule has 2 rings (SSSR count). The van der Waals surface area contributed by atoms with Gasteiger partial charge in [-0.15, -0.1) is 0 Å². The van der Waals surface area contributed by atoms with Gasteiger partial charge in [0.1, 0.15) is 5.82 Å². The molecule has 1 nitrogen and oxygen atoms in total. The van der Waals surface area contributed by atoms with Gasteiger partial charge in [0.05, 0.1) is 0 Å². The summed E-state index contributed by atoms with van der Waals surface area (Å²) in [6.45, 7) is 3.17. The zero-order chi connectivity index (χ0) is 15.1. The van der Waals surface area contributed by atoms with Crippen LogP contribution >= 0.6 is 15.9 Å². The lowest BCUT2D eigenvalue weighted by atomic mass is 9.91. The van der Waals surface area contributed by atoms with E-state index in [-0.39, 0.29) is 5.82 Å². The fraction of sp³-hybridized carbons (Fsp3) is 0.556.